The molecule has 0 fully saturated rings. The molecule has 0 saturated carbocycles. The van der Waals surface area contributed by atoms with E-state index in [1.54, 1.807) is 11.0 Å². The second-order valence-electron chi connectivity index (χ2n) is 11.8. The van der Waals surface area contributed by atoms with Crippen LogP contribution in [-0.2, 0) is 16.1 Å². The lowest BCUT2D eigenvalue weighted by atomic mass is 9.73. The fourth-order valence-corrected chi connectivity index (χ4v) is 5.87. The number of rotatable bonds is 6. The van der Waals surface area contributed by atoms with Crippen LogP contribution in [0.3, 0.4) is 0 Å². The number of benzene rings is 3. The van der Waals surface area contributed by atoms with Gasteiger partial charge in [0.1, 0.15) is 12.7 Å². The standard InChI is InChI=1S/C33H34N6O2/c1-22-8-12-24(13-9-22)32-31-27(16-33(2,3)17-29(31)40)37-26-6-4-5-7-28(26)39(32)19-30(41)36-25-14-10-23(11-15-25)18-38-21-34-20-35-38/h4-15,20-21,32,37H,16-19H2,1-3H3,(H,36,41). The highest BCUT2D eigenvalue weighted by atomic mass is 16.2. The number of aromatic nitrogens is 3. The van der Waals surface area contributed by atoms with Gasteiger partial charge >= 0.3 is 0 Å². The summed E-state index contributed by atoms with van der Waals surface area (Å²) in [6.45, 7) is 7.00. The van der Waals surface area contributed by atoms with E-state index >= 15 is 0 Å². The molecule has 0 bridgehead atoms. The molecule has 8 heteroatoms. The van der Waals surface area contributed by atoms with Crippen molar-refractivity contribution in [2.45, 2.75) is 46.2 Å². The molecule has 3 aromatic carbocycles. The molecule has 0 radical (unpaired) electrons. The van der Waals surface area contributed by atoms with Gasteiger partial charge in [0.05, 0.1) is 30.5 Å². The third-order valence-electron chi connectivity index (χ3n) is 7.76. The molecule has 1 aromatic heterocycles. The number of aryl methyl sites for hydroxylation is 1. The van der Waals surface area contributed by atoms with Crippen LogP contribution in [0.5, 0.6) is 0 Å². The number of hydrogen-bond donors (Lipinski definition) is 2. The summed E-state index contributed by atoms with van der Waals surface area (Å²) in [6.07, 6.45) is 4.40. The molecule has 2 N–H and O–H groups in total. The van der Waals surface area contributed by atoms with Crippen LogP contribution in [0.15, 0.2) is 96.7 Å². The minimum absolute atomic E-state index is 0.0748. The van der Waals surface area contributed by atoms with Crippen LogP contribution in [0.2, 0.25) is 0 Å². The van der Waals surface area contributed by atoms with E-state index in [-0.39, 0.29) is 23.7 Å². The molecular weight excluding hydrogens is 512 g/mol. The van der Waals surface area contributed by atoms with Crippen molar-refractivity contribution in [2.24, 2.45) is 5.41 Å². The van der Waals surface area contributed by atoms with Crippen LogP contribution in [0.1, 0.15) is 49.4 Å². The number of anilines is 3. The number of amides is 1. The Balaban J connectivity index is 1.34. The number of carbonyl (C=O) groups is 2. The van der Waals surface area contributed by atoms with Crippen LogP contribution >= 0.6 is 0 Å². The van der Waals surface area contributed by atoms with E-state index in [2.05, 4.69) is 70.7 Å². The van der Waals surface area contributed by atoms with E-state index in [0.717, 1.165) is 45.8 Å². The van der Waals surface area contributed by atoms with Gasteiger partial charge in [-0.25, -0.2) is 9.67 Å². The summed E-state index contributed by atoms with van der Waals surface area (Å²) < 4.78 is 1.75. The van der Waals surface area contributed by atoms with E-state index in [9.17, 15) is 9.59 Å². The molecule has 1 atom stereocenters. The Morgan fingerprint density at radius 3 is 2.51 bits per heavy atom. The summed E-state index contributed by atoms with van der Waals surface area (Å²) in [4.78, 5) is 33.5. The van der Waals surface area contributed by atoms with Crippen LogP contribution < -0.4 is 15.5 Å². The van der Waals surface area contributed by atoms with Crippen LogP contribution in [0, 0.1) is 12.3 Å². The van der Waals surface area contributed by atoms with Crippen molar-refractivity contribution in [3.63, 3.8) is 0 Å². The normalized spacial score (nSPS) is 17.8. The molecule has 0 spiro atoms. The third kappa shape index (κ3) is 5.63. The highest BCUT2D eigenvalue weighted by molar-refractivity contribution is 6.02. The maximum Gasteiger partial charge on any atom is 0.243 e. The summed E-state index contributed by atoms with van der Waals surface area (Å²) in [5.41, 5.74) is 7.20. The summed E-state index contributed by atoms with van der Waals surface area (Å²) in [5, 5.41) is 10.8. The number of nitrogens with zero attached hydrogens (tertiary/aromatic N) is 4. The number of para-hydroxylation sites is 2. The molecule has 6 rings (SSSR count). The lowest BCUT2D eigenvalue weighted by molar-refractivity contribution is -0.119. The fraction of sp³-hybridized carbons (Fsp3) is 0.273. The first-order valence-corrected chi connectivity index (χ1v) is 13.9. The molecule has 4 aromatic rings. The number of fused-ring (bicyclic) bond motifs is 1. The van der Waals surface area contributed by atoms with Gasteiger partial charge in [-0.15, -0.1) is 0 Å². The van der Waals surface area contributed by atoms with Crippen molar-refractivity contribution in [1.29, 1.82) is 0 Å². The van der Waals surface area contributed by atoms with E-state index in [4.69, 9.17) is 0 Å². The van der Waals surface area contributed by atoms with Gasteiger partial charge in [0.15, 0.2) is 5.78 Å². The predicted molar refractivity (Wildman–Crippen MR) is 161 cm³/mol. The Kier molecular flexibility index (Phi) is 6.91. The van der Waals surface area contributed by atoms with Gasteiger partial charge in [0, 0.05) is 23.4 Å². The van der Waals surface area contributed by atoms with E-state index in [1.165, 1.54) is 6.33 Å². The monoisotopic (exact) mass is 546 g/mol. The highest BCUT2D eigenvalue weighted by Gasteiger charge is 2.41. The van der Waals surface area contributed by atoms with Crippen molar-refractivity contribution >= 4 is 28.8 Å². The number of allylic oxidation sites excluding steroid dienone is 1. The lowest BCUT2D eigenvalue weighted by Crippen LogP contribution is -2.40. The average molecular weight is 547 g/mol. The summed E-state index contributed by atoms with van der Waals surface area (Å²) in [7, 11) is 0. The zero-order valence-corrected chi connectivity index (χ0v) is 23.6. The Morgan fingerprint density at radius 2 is 1.78 bits per heavy atom. The third-order valence-corrected chi connectivity index (χ3v) is 7.76. The van der Waals surface area contributed by atoms with Crippen molar-refractivity contribution < 1.29 is 9.59 Å². The quantitative estimate of drug-likeness (QED) is 0.313. The van der Waals surface area contributed by atoms with Gasteiger partial charge in [-0.1, -0.05) is 67.9 Å². The number of ketones is 1. The molecule has 2 aliphatic rings. The predicted octanol–water partition coefficient (Wildman–Crippen LogP) is 5.89. The Bertz CT molecular complexity index is 1600. The summed E-state index contributed by atoms with van der Waals surface area (Å²) in [6, 6.07) is 23.6. The minimum Gasteiger partial charge on any atom is -0.357 e. The molecule has 208 valence electrons. The van der Waals surface area contributed by atoms with Gasteiger partial charge < -0.3 is 15.5 Å². The van der Waals surface area contributed by atoms with Crippen LogP contribution in [0.4, 0.5) is 17.1 Å². The van der Waals surface area contributed by atoms with E-state index in [0.29, 0.717) is 18.7 Å². The average Bonchev–Trinajstić information content (AvgIpc) is 3.40. The molecule has 8 nitrogen and oxygen atoms in total. The topological polar surface area (TPSA) is 92.2 Å². The van der Waals surface area contributed by atoms with Crippen LogP contribution in [0.25, 0.3) is 0 Å². The fourth-order valence-electron chi connectivity index (χ4n) is 5.87. The number of hydrogen-bond acceptors (Lipinski definition) is 6. The van der Waals surface area contributed by atoms with Crippen molar-refractivity contribution in [2.75, 3.05) is 22.1 Å². The maximum atomic E-state index is 13.8. The van der Waals surface area contributed by atoms with Crippen molar-refractivity contribution in [3.05, 3.63) is 113 Å². The molecular formula is C33H34N6O2. The van der Waals surface area contributed by atoms with Crippen LogP contribution in [-0.4, -0.2) is 33.0 Å². The molecule has 41 heavy (non-hydrogen) atoms. The molecule has 1 unspecified atom stereocenters. The first-order valence-electron chi connectivity index (χ1n) is 13.9. The minimum atomic E-state index is -0.402. The summed E-state index contributed by atoms with van der Waals surface area (Å²) >= 11 is 0. The molecule has 1 aliphatic heterocycles. The molecule has 1 aliphatic carbocycles. The van der Waals surface area contributed by atoms with Gasteiger partial charge in [-0.3, -0.25) is 9.59 Å². The molecule has 2 heterocycles. The number of Topliss-reactive ketones (excluding diaryl/α,β-unsaturated/α-hetero) is 1. The Labute approximate surface area is 240 Å². The Morgan fingerprint density at radius 1 is 1.02 bits per heavy atom. The lowest BCUT2D eigenvalue weighted by Gasteiger charge is -2.38. The first-order chi connectivity index (χ1) is 19.8. The van der Waals surface area contributed by atoms with Gasteiger partial charge in [-0.2, -0.15) is 5.10 Å². The van der Waals surface area contributed by atoms with Gasteiger partial charge in [0.2, 0.25) is 5.91 Å². The first kappa shape index (κ1) is 26.5. The smallest absolute Gasteiger partial charge is 0.243 e. The maximum absolute atomic E-state index is 13.8. The second kappa shape index (κ2) is 10.7. The number of carbonyl (C=O) groups excluding carboxylic acids is 2. The molecule has 0 saturated heterocycles. The Hall–Kier alpha value is -4.72. The van der Waals surface area contributed by atoms with Gasteiger partial charge in [0.25, 0.3) is 0 Å². The van der Waals surface area contributed by atoms with Crippen molar-refractivity contribution in [1.82, 2.24) is 14.8 Å². The van der Waals surface area contributed by atoms with E-state index in [1.807, 2.05) is 48.5 Å². The number of nitrogens with one attached hydrogen (secondary N) is 2. The molecule has 1 amide bonds. The van der Waals surface area contributed by atoms with Gasteiger partial charge in [-0.05, 0) is 54.2 Å². The highest BCUT2D eigenvalue weighted by Crippen LogP contribution is 2.48. The zero-order valence-electron chi connectivity index (χ0n) is 23.6. The largest absolute Gasteiger partial charge is 0.357 e. The zero-order chi connectivity index (χ0) is 28.6. The SMILES string of the molecule is Cc1ccc(C2C3=C(CC(C)(C)CC3=O)Nc3ccccc3N2CC(=O)Nc2ccc(Cn3cncn3)cc2)cc1. The second-order valence-corrected chi connectivity index (χ2v) is 11.8. The van der Waals surface area contributed by atoms with E-state index < -0.39 is 6.04 Å². The van der Waals surface area contributed by atoms with Crippen molar-refractivity contribution in [3.8, 4) is 0 Å². The summed E-state index contributed by atoms with van der Waals surface area (Å²) in [5.74, 6) is -0.0379.